The summed E-state index contributed by atoms with van der Waals surface area (Å²) < 4.78 is 0. The smallest absolute Gasteiger partial charge is 0.221 e. The fourth-order valence-electron chi connectivity index (χ4n) is 3.27. The minimum Gasteiger partial charge on any atom is -0.348 e. The third kappa shape index (κ3) is 3.99. The van der Waals surface area contributed by atoms with E-state index in [1.807, 2.05) is 30.2 Å². The van der Waals surface area contributed by atoms with Crippen molar-refractivity contribution in [2.75, 3.05) is 23.9 Å². The number of imidazole rings is 1. The zero-order chi connectivity index (χ0) is 16.9. The quantitative estimate of drug-likeness (QED) is 0.845. The first-order valence-electron chi connectivity index (χ1n) is 8.29. The predicted molar refractivity (Wildman–Crippen MR) is 99.2 cm³/mol. The fourth-order valence-corrected chi connectivity index (χ4v) is 3.73. The monoisotopic (exact) mass is 344 g/mol. The Morgan fingerprint density at radius 1 is 1.42 bits per heavy atom. The summed E-state index contributed by atoms with van der Waals surface area (Å²) in [5.41, 5.74) is 4.61. The molecule has 0 bridgehead atoms. The number of nitrogens with zero attached hydrogens (tertiary/aromatic N) is 2. The van der Waals surface area contributed by atoms with Gasteiger partial charge in [0, 0.05) is 37.8 Å². The molecule has 0 saturated carbocycles. The highest BCUT2D eigenvalue weighted by molar-refractivity contribution is 7.98. The maximum Gasteiger partial charge on any atom is 0.221 e. The van der Waals surface area contributed by atoms with Gasteiger partial charge in [0.2, 0.25) is 5.91 Å². The number of hydrogen-bond acceptors (Lipinski definition) is 4. The molecule has 0 spiro atoms. The number of amides is 1. The van der Waals surface area contributed by atoms with Gasteiger partial charge in [-0.15, -0.1) is 0 Å². The zero-order valence-corrected chi connectivity index (χ0v) is 15.0. The van der Waals surface area contributed by atoms with E-state index in [1.54, 1.807) is 0 Å². The number of hydrogen-bond donors (Lipinski definition) is 2. The summed E-state index contributed by atoms with van der Waals surface area (Å²) in [6, 6.07) is 8.51. The second-order valence-corrected chi connectivity index (χ2v) is 7.15. The van der Waals surface area contributed by atoms with Gasteiger partial charge in [0.05, 0.1) is 18.1 Å². The van der Waals surface area contributed by atoms with Gasteiger partial charge in [-0.1, -0.05) is 12.1 Å². The topological polar surface area (TPSA) is 61.0 Å². The van der Waals surface area contributed by atoms with Crippen molar-refractivity contribution in [1.29, 1.82) is 0 Å². The predicted octanol–water partition coefficient (Wildman–Crippen LogP) is 3.22. The van der Waals surface area contributed by atoms with Crippen molar-refractivity contribution >= 4 is 23.4 Å². The molecule has 1 aromatic carbocycles. The van der Waals surface area contributed by atoms with Gasteiger partial charge in [-0.3, -0.25) is 9.69 Å². The lowest BCUT2D eigenvalue weighted by Crippen LogP contribution is -2.35. The van der Waals surface area contributed by atoms with Crippen LogP contribution < -0.4 is 5.32 Å². The Kier molecular flexibility index (Phi) is 5.58. The van der Waals surface area contributed by atoms with E-state index in [0.717, 1.165) is 37.4 Å². The van der Waals surface area contributed by atoms with Gasteiger partial charge in [-0.25, -0.2) is 4.98 Å². The summed E-state index contributed by atoms with van der Waals surface area (Å²) in [4.78, 5) is 21.5. The van der Waals surface area contributed by atoms with Crippen LogP contribution >= 0.6 is 11.8 Å². The number of H-pyrrole nitrogens is 1. The van der Waals surface area contributed by atoms with E-state index >= 15 is 0 Å². The molecular formula is C18H24N4OS. The molecule has 5 nitrogen and oxygen atoms in total. The molecule has 24 heavy (non-hydrogen) atoms. The van der Waals surface area contributed by atoms with Crippen LogP contribution in [0.2, 0.25) is 0 Å². The summed E-state index contributed by atoms with van der Waals surface area (Å²) >= 11 is 1.88. The molecule has 1 atom stereocenters. The molecule has 0 saturated heterocycles. The summed E-state index contributed by atoms with van der Waals surface area (Å²) in [5.74, 6) is 1.09. The lowest BCUT2D eigenvalue weighted by Gasteiger charge is -2.35. The Morgan fingerprint density at radius 2 is 2.21 bits per heavy atom. The second-order valence-electron chi connectivity index (χ2n) is 6.16. The molecule has 0 radical (unpaired) electrons. The average molecular weight is 344 g/mol. The van der Waals surface area contributed by atoms with Gasteiger partial charge >= 0.3 is 0 Å². The zero-order valence-electron chi connectivity index (χ0n) is 14.2. The number of aromatic nitrogens is 2. The SMILES string of the molecule is CSCC[C@@H]1c2nc[nH]c2CCN1Cc1ccc(NC(C)=O)cc1. The fraction of sp³-hybridized carbons (Fsp3) is 0.444. The van der Waals surface area contributed by atoms with Gasteiger partial charge in [-0.05, 0) is 36.1 Å². The number of carbonyl (C=O) groups is 1. The van der Waals surface area contributed by atoms with Crippen molar-refractivity contribution in [2.45, 2.75) is 32.4 Å². The van der Waals surface area contributed by atoms with E-state index < -0.39 is 0 Å². The highest BCUT2D eigenvalue weighted by Gasteiger charge is 2.29. The highest BCUT2D eigenvalue weighted by atomic mass is 32.2. The standard InChI is InChI=1S/C18H24N4OS/c1-13(23)21-15-5-3-14(4-6-15)11-22-9-7-16-18(20-12-19-16)17(22)8-10-24-2/h3-6,12,17H,7-11H2,1-2H3,(H,19,20)(H,21,23)/t17-/m1/s1. The van der Waals surface area contributed by atoms with Gasteiger partial charge in [0.1, 0.15) is 0 Å². The van der Waals surface area contributed by atoms with Crippen LogP contribution in [-0.4, -0.2) is 39.3 Å². The van der Waals surface area contributed by atoms with Gasteiger partial charge in [-0.2, -0.15) is 11.8 Å². The first kappa shape index (κ1) is 17.0. The molecule has 128 valence electrons. The molecule has 1 aliphatic rings. The van der Waals surface area contributed by atoms with Gasteiger partial charge in [0.15, 0.2) is 0 Å². The molecule has 2 aromatic rings. The number of carbonyl (C=O) groups excluding carboxylic acids is 1. The van der Waals surface area contributed by atoms with Crippen LogP contribution in [0, 0.1) is 0 Å². The van der Waals surface area contributed by atoms with E-state index in [9.17, 15) is 4.79 Å². The first-order valence-corrected chi connectivity index (χ1v) is 9.68. The number of benzene rings is 1. The number of rotatable bonds is 6. The normalized spacial score (nSPS) is 17.5. The lowest BCUT2D eigenvalue weighted by molar-refractivity contribution is -0.114. The van der Waals surface area contributed by atoms with Crippen LogP contribution in [0.5, 0.6) is 0 Å². The number of thioether (sulfide) groups is 1. The Morgan fingerprint density at radius 3 is 2.92 bits per heavy atom. The van der Waals surface area contributed by atoms with Gasteiger partial charge in [0.25, 0.3) is 0 Å². The highest BCUT2D eigenvalue weighted by Crippen LogP contribution is 2.32. The van der Waals surface area contributed by atoms with Crippen molar-refractivity contribution in [3.8, 4) is 0 Å². The Balaban J connectivity index is 1.72. The van der Waals surface area contributed by atoms with Gasteiger partial charge < -0.3 is 10.3 Å². The molecule has 1 aliphatic heterocycles. The van der Waals surface area contributed by atoms with E-state index in [0.29, 0.717) is 6.04 Å². The maximum absolute atomic E-state index is 11.1. The molecular weight excluding hydrogens is 320 g/mol. The third-order valence-electron chi connectivity index (χ3n) is 4.41. The van der Waals surface area contributed by atoms with Crippen molar-refractivity contribution in [2.24, 2.45) is 0 Å². The molecule has 0 unspecified atom stereocenters. The minimum absolute atomic E-state index is 0.0398. The molecule has 0 aliphatic carbocycles. The largest absolute Gasteiger partial charge is 0.348 e. The molecule has 2 N–H and O–H groups in total. The summed E-state index contributed by atoms with van der Waals surface area (Å²) in [7, 11) is 0. The van der Waals surface area contributed by atoms with E-state index in [1.165, 1.54) is 23.9 Å². The average Bonchev–Trinajstić information content (AvgIpc) is 3.04. The van der Waals surface area contributed by atoms with Crippen LogP contribution in [0.4, 0.5) is 5.69 Å². The van der Waals surface area contributed by atoms with Crippen LogP contribution in [0.3, 0.4) is 0 Å². The minimum atomic E-state index is -0.0398. The Labute approximate surface area is 147 Å². The van der Waals surface area contributed by atoms with Crippen LogP contribution in [0.15, 0.2) is 30.6 Å². The van der Waals surface area contributed by atoms with Crippen molar-refractivity contribution < 1.29 is 4.79 Å². The van der Waals surface area contributed by atoms with Crippen LogP contribution in [0.1, 0.15) is 36.3 Å². The summed E-state index contributed by atoms with van der Waals surface area (Å²) in [5, 5.41) is 2.81. The Hall–Kier alpha value is -1.79. The van der Waals surface area contributed by atoms with E-state index in [2.05, 4.69) is 38.6 Å². The third-order valence-corrected chi connectivity index (χ3v) is 5.06. The van der Waals surface area contributed by atoms with Crippen LogP contribution in [-0.2, 0) is 17.8 Å². The van der Waals surface area contributed by atoms with Crippen LogP contribution in [0.25, 0.3) is 0 Å². The lowest BCUT2D eigenvalue weighted by atomic mass is 9.99. The van der Waals surface area contributed by atoms with Crippen molar-refractivity contribution in [3.63, 3.8) is 0 Å². The summed E-state index contributed by atoms with van der Waals surface area (Å²) in [6.45, 7) is 3.48. The van der Waals surface area contributed by atoms with Crippen molar-refractivity contribution in [1.82, 2.24) is 14.9 Å². The Bertz CT molecular complexity index is 683. The number of nitrogens with one attached hydrogen (secondary N) is 2. The van der Waals surface area contributed by atoms with Crippen molar-refractivity contribution in [3.05, 3.63) is 47.5 Å². The summed E-state index contributed by atoms with van der Waals surface area (Å²) in [6.07, 6.45) is 6.11. The molecule has 6 heteroatoms. The number of aromatic amines is 1. The molecule has 1 amide bonds. The number of fused-ring (bicyclic) bond motifs is 1. The molecule has 1 aromatic heterocycles. The first-order chi connectivity index (χ1) is 11.7. The van der Waals surface area contributed by atoms with E-state index in [-0.39, 0.29) is 5.91 Å². The molecule has 3 rings (SSSR count). The number of anilines is 1. The second kappa shape index (κ2) is 7.85. The molecule has 0 fully saturated rings. The molecule has 2 heterocycles. The maximum atomic E-state index is 11.1. The van der Waals surface area contributed by atoms with E-state index in [4.69, 9.17) is 0 Å².